The third-order valence-corrected chi connectivity index (χ3v) is 15.2. The molecule has 4 N–H and O–H groups in total. The molecule has 72 heavy (non-hydrogen) atoms. The lowest BCUT2D eigenvalue weighted by molar-refractivity contribution is -0.144. The van der Waals surface area contributed by atoms with Gasteiger partial charge in [-0.15, -0.1) is 32.9 Å². The van der Waals surface area contributed by atoms with E-state index in [4.69, 9.17) is 26.1 Å². The number of amides is 4. The topological polar surface area (TPSA) is 215 Å². The van der Waals surface area contributed by atoms with Gasteiger partial charge in [0.15, 0.2) is 12.4 Å². The summed E-state index contributed by atoms with van der Waals surface area (Å²) in [5.74, 6) is 0.135. The van der Waals surface area contributed by atoms with Crippen LogP contribution in [0.3, 0.4) is 0 Å². The van der Waals surface area contributed by atoms with Gasteiger partial charge in [0.1, 0.15) is 40.8 Å². The number of nitrogens with zero attached hydrogens (tertiary/aromatic N) is 7. The molecule has 4 amide bonds. The standard InChI is InChI=1S/C52H59ClN10O7S2/c1-27(22-54-41(65)21-39-48-61-60-32(6)63(48)51-44(28(2)31(5)72-51)45(58-39)34-14-16-36(53)17-15-34)70-43-19-18-38(23-55-43)69-25-42(66)59-47(52(7,8)9)50(68)62-24-37(64)20-40(62)49(67)57-29(3)33-10-12-35(13-11-33)46-30(4)56-26-71-46/h10-19,23,26-27,29,37,39-40,47,64H,20-22,24-25H2,1-9H3,(H,54,65)(H,57,67)(H,59,66)/t27-,29-,37+,39-,40-,47?/m0/s1. The van der Waals surface area contributed by atoms with Crippen LogP contribution in [-0.2, 0) is 19.2 Å². The molecule has 0 saturated carbocycles. The largest absolute Gasteiger partial charge is 0.482 e. The summed E-state index contributed by atoms with van der Waals surface area (Å²) < 4.78 is 13.8. The van der Waals surface area contributed by atoms with Crippen molar-refractivity contribution in [3.8, 4) is 27.1 Å². The maximum absolute atomic E-state index is 14.2. The van der Waals surface area contributed by atoms with Crippen LogP contribution < -0.4 is 25.4 Å². The number of carbonyl (C=O) groups is 4. The van der Waals surface area contributed by atoms with Crippen molar-refractivity contribution in [1.29, 1.82) is 0 Å². The van der Waals surface area contributed by atoms with E-state index in [2.05, 4.69) is 50.0 Å². The molecule has 6 heterocycles. The van der Waals surface area contributed by atoms with Crippen LogP contribution in [-0.4, -0.2) is 108 Å². The number of thiazole rings is 1. The summed E-state index contributed by atoms with van der Waals surface area (Å²) in [7, 11) is 0. The Hall–Kier alpha value is -6.54. The lowest BCUT2D eigenvalue weighted by atomic mass is 9.85. The fraction of sp³-hybridized carbons (Fsp3) is 0.404. The summed E-state index contributed by atoms with van der Waals surface area (Å²) in [5, 5.41) is 29.9. The molecule has 2 aromatic carbocycles. The number of pyridine rings is 1. The van der Waals surface area contributed by atoms with E-state index in [1.54, 1.807) is 41.7 Å². The molecule has 2 aliphatic rings. The Bertz CT molecular complexity index is 2980. The number of aryl methyl sites for hydroxylation is 3. The number of hydrogen-bond donors (Lipinski definition) is 4. The maximum atomic E-state index is 14.2. The number of ether oxygens (including phenoxy) is 2. The summed E-state index contributed by atoms with van der Waals surface area (Å²) in [5.41, 5.74) is 7.63. The fourth-order valence-electron chi connectivity index (χ4n) is 8.77. The quantitative estimate of drug-likeness (QED) is 0.0752. The minimum Gasteiger partial charge on any atom is -0.482 e. The van der Waals surface area contributed by atoms with Crippen molar-refractivity contribution in [1.82, 2.24) is 45.6 Å². The van der Waals surface area contributed by atoms with Gasteiger partial charge in [-0.2, -0.15) is 0 Å². The Morgan fingerprint density at radius 2 is 1.64 bits per heavy atom. The smallest absolute Gasteiger partial charge is 0.258 e. The summed E-state index contributed by atoms with van der Waals surface area (Å²) in [6, 6.07) is 15.6. The van der Waals surface area contributed by atoms with Gasteiger partial charge in [-0.3, -0.25) is 28.7 Å². The Morgan fingerprint density at radius 3 is 2.31 bits per heavy atom. The van der Waals surface area contributed by atoms with Crippen LogP contribution in [0.4, 0.5) is 0 Å². The average Bonchev–Trinajstić information content (AvgIpc) is 4.11. The molecule has 8 rings (SSSR count). The molecule has 1 fully saturated rings. The number of halogens is 1. The van der Waals surface area contributed by atoms with Gasteiger partial charge in [-0.1, -0.05) is 68.8 Å². The van der Waals surface area contributed by atoms with Crippen LogP contribution in [0.1, 0.15) is 104 Å². The predicted octanol–water partition coefficient (Wildman–Crippen LogP) is 7.35. The number of hydrogen-bond acceptors (Lipinski definition) is 14. The Morgan fingerprint density at radius 1 is 0.917 bits per heavy atom. The van der Waals surface area contributed by atoms with Crippen molar-refractivity contribution in [2.75, 3.05) is 19.7 Å². The molecule has 0 bridgehead atoms. The van der Waals surface area contributed by atoms with E-state index in [9.17, 15) is 24.3 Å². The number of benzene rings is 2. The number of rotatable bonds is 16. The molecular formula is C52H59ClN10O7S2. The first kappa shape index (κ1) is 51.8. The second-order valence-electron chi connectivity index (χ2n) is 19.3. The SMILES string of the molecule is Cc1ncsc1-c1ccc([C@H](C)NC(=O)[C@@H]2C[C@@H](O)CN2C(=O)C(NC(=O)COc2ccc(O[C@@H](C)CNC(=O)C[C@@H]3N=C(c4ccc(Cl)cc4)c4c(sc(C)c4C)-n4c(C)nnc43)nc2)C(C)(C)C)cc1. The zero-order chi connectivity index (χ0) is 51.6. The second kappa shape index (κ2) is 21.7. The molecule has 6 aromatic rings. The molecule has 0 radical (unpaired) electrons. The number of fused-ring (bicyclic) bond motifs is 3. The third-order valence-electron chi connectivity index (χ3n) is 12.8. The van der Waals surface area contributed by atoms with Gasteiger partial charge in [0.25, 0.3) is 5.91 Å². The van der Waals surface area contributed by atoms with Crippen LogP contribution in [0.15, 0.2) is 77.4 Å². The van der Waals surface area contributed by atoms with Gasteiger partial charge >= 0.3 is 0 Å². The van der Waals surface area contributed by atoms with Gasteiger partial charge in [0.2, 0.25) is 23.6 Å². The van der Waals surface area contributed by atoms with Crippen molar-refractivity contribution in [3.05, 3.63) is 122 Å². The normalized spacial score (nSPS) is 17.7. The van der Waals surface area contributed by atoms with E-state index in [0.717, 1.165) is 54.0 Å². The van der Waals surface area contributed by atoms with Crippen LogP contribution in [0.5, 0.6) is 11.6 Å². The number of thiophene rings is 1. The third kappa shape index (κ3) is 11.5. The van der Waals surface area contributed by atoms with Crippen molar-refractivity contribution >= 4 is 63.6 Å². The summed E-state index contributed by atoms with van der Waals surface area (Å²) in [6.07, 6.45) is 0.104. The summed E-state index contributed by atoms with van der Waals surface area (Å²) in [6.45, 7) is 16.8. The van der Waals surface area contributed by atoms with E-state index in [1.807, 2.05) is 100 Å². The van der Waals surface area contributed by atoms with E-state index < -0.39 is 60.1 Å². The summed E-state index contributed by atoms with van der Waals surface area (Å²) in [4.78, 5) is 72.3. The first-order valence-corrected chi connectivity index (χ1v) is 25.8. The van der Waals surface area contributed by atoms with Gasteiger partial charge in [0, 0.05) is 40.1 Å². The lowest BCUT2D eigenvalue weighted by Gasteiger charge is -2.35. The second-order valence-corrected chi connectivity index (χ2v) is 21.8. The van der Waals surface area contributed by atoms with Crippen molar-refractivity contribution in [2.24, 2.45) is 10.4 Å². The minimum atomic E-state index is -1.04. The highest BCUT2D eigenvalue weighted by Crippen LogP contribution is 2.40. The summed E-state index contributed by atoms with van der Waals surface area (Å²) >= 11 is 9.46. The van der Waals surface area contributed by atoms with Crippen LogP contribution in [0, 0.1) is 33.1 Å². The number of nitrogens with one attached hydrogen (secondary N) is 3. The van der Waals surface area contributed by atoms with E-state index in [1.165, 1.54) is 11.1 Å². The fourth-order valence-corrected chi connectivity index (χ4v) is 10.9. The van der Waals surface area contributed by atoms with Gasteiger partial charge < -0.3 is 35.4 Å². The maximum Gasteiger partial charge on any atom is 0.258 e. The number of aliphatic imine (C=N–C) groups is 1. The van der Waals surface area contributed by atoms with Crippen molar-refractivity contribution in [3.63, 3.8) is 0 Å². The minimum absolute atomic E-state index is 0.0153. The zero-order valence-corrected chi connectivity index (χ0v) is 44.0. The average molecular weight is 1040 g/mol. The monoisotopic (exact) mass is 1030 g/mol. The number of aliphatic hydroxyl groups excluding tert-OH is 1. The van der Waals surface area contributed by atoms with E-state index >= 15 is 0 Å². The van der Waals surface area contributed by atoms with E-state index in [-0.39, 0.29) is 49.5 Å². The number of likely N-dealkylation sites (tertiary alicyclic amines) is 1. The number of aromatic nitrogens is 5. The molecule has 4 aromatic heterocycles. The molecule has 1 unspecified atom stereocenters. The number of β-amino-alcohol motifs (C(OH)–C–C–N with tert-alkyl or cyclic N) is 1. The van der Waals surface area contributed by atoms with Crippen LogP contribution in [0.25, 0.3) is 15.4 Å². The van der Waals surface area contributed by atoms with Gasteiger partial charge in [-0.25, -0.2) is 9.97 Å². The highest BCUT2D eigenvalue weighted by atomic mass is 35.5. The number of aliphatic hydroxyl groups is 1. The highest BCUT2D eigenvalue weighted by molar-refractivity contribution is 7.15. The molecule has 6 atom stereocenters. The highest BCUT2D eigenvalue weighted by Gasteiger charge is 2.45. The van der Waals surface area contributed by atoms with Crippen LogP contribution in [0.2, 0.25) is 5.02 Å². The van der Waals surface area contributed by atoms with E-state index in [0.29, 0.717) is 16.7 Å². The molecule has 2 aliphatic heterocycles. The molecule has 1 saturated heterocycles. The molecule has 0 spiro atoms. The molecule has 0 aliphatic carbocycles. The predicted molar refractivity (Wildman–Crippen MR) is 277 cm³/mol. The first-order chi connectivity index (χ1) is 34.2. The van der Waals surface area contributed by atoms with Crippen molar-refractivity contribution < 1.29 is 33.8 Å². The molecule has 378 valence electrons. The molecule has 17 nitrogen and oxygen atoms in total. The Kier molecular flexibility index (Phi) is 15.6. The van der Waals surface area contributed by atoms with Crippen molar-refractivity contribution in [2.45, 2.75) is 112 Å². The first-order valence-electron chi connectivity index (χ1n) is 23.7. The van der Waals surface area contributed by atoms with Gasteiger partial charge in [-0.05, 0) is 81.8 Å². The Balaban J connectivity index is 0.828. The molecule has 20 heteroatoms. The van der Waals surface area contributed by atoms with Gasteiger partial charge in [0.05, 0.1) is 53.1 Å². The molecular weight excluding hydrogens is 976 g/mol. The lowest BCUT2D eigenvalue weighted by Crippen LogP contribution is -2.58. The zero-order valence-electron chi connectivity index (χ0n) is 41.6. The number of carbonyl (C=O) groups excluding carboxylic acids is 4. The van der Waals surface area contributed by atoms with Crippen LogP contribution >= 0.6 is 34.3 Å². The Labute approximate surface area is 431 Å².